The highest BCUT2D eigenvalue weighted by Crippen LogP contribution is 2.51. The van der Waals surface area contributed by atoms with Crippen LogP contribution in [-0.2, 0) is 18.6 Å². The highest BCUT2D eigenvalue weighted by molar-refractivity contribution is 7.44. The van der Waals surface area contributed by atoms with Gasteiger partial charge in [-0.15, -0.1) is 0 Å². The van der Waals surface area contributed by atoms with E-state index in [2.05, 4.69) is 57.9 Å². The number of anilines is 1. The molecule has 0 bridgehead atoms. The molecule has 1 aliphatic rings. The van der Waals surface area contributed by atoms with Gasteiger partial charge in [-0.05, 0) is 46.2 Å². The number of carbonyl (C=O) groups excluding carboxylic acids is 1. The van der Waals surface area contributed by atoms with Gasteiger partial charge in [-0.2, -0.15) is 9.61 Å². The topological polar surface area (TPSA) is 145 Å². The first kappa shape index (κ1) is 30.9. The van der Waals surface area contributed by atoms with Crippen molar-refractivity contribution < 1.29 is 28.5 Å². The van der Waals surface area contributed by atoms with Crippen molar-refractivity contribution in [3.05, 3.63) is 54.0 Å². The fourth-order valence-corrected chi connectivity index (χ4v) is 6.33. The lowest BCUT2D eigenvalue weighted by Gasteiger charge is -2.36. The van der Waals surface area contributed by atoms with Crippen molar-refractivity contribution in [3.8, 4) is 0 Å². The van der Waals surface area contributed by atoms with Crippen molar-refractivity contribution in [2.24, 2.45) is 5.16 Å². The number of methoxy groups -OCH3 is 1. The fourth-order valence-electron chi connectivity index (χ4n) is 4.73. The van der Waals surface area contributed by atoms with Crippen LogP contribution in [-0.4, -0.2) is 85.6 Å². The van der Waals surface area contributed by atoms with Crippen molar-refractivity contribution >= 4 is 32.2 Å². The number of fused-ring (bicyclic) bond motifs is 1. The molecule has 1 saturated heterocycles. The molecule has 0 spiro atoms. The average Bonchev–Trinajstić information content (AvgIpc) is 3.54. The van der Waals surface area contributed by atoms with Crippen LogP contribution in [0.15, 0.2) is 48.0 Å². The maximum Gasteiger partial charge on any atom is 0.347 e. The zero-order valence-corrected chi connectivity index (χ0v) is 25.0. The lowest BCUT2D eigenvalue weighted by molar-refractivity contribution is -0.0219. The van der Waals surface area contributed by atoms with Gasteiger partial charge in [-0.25, -0.2) is 14.6 Å². The third kappa shape index (κ3) is 6.88. The molecule has 1 amide bonds. The van der Waals surface area contributed by atoms with Gasteiger partial charge in [-0.3, -0.25) is 10.1 Å². The normalized spacial score (nSPS) is 21.9. The zero-order valence-electron chi connectivity index (χ0n) is 24.1. The summed E-state index contributed by atoms with van der Waals surface area (Å²) in [6, 6.07) is 9.02. The number of nitrogens with one attached hydrogen (secondary N) is 1. The summed E-state index contributed by atoms with van der Waals surface area (Å²) in [5.41, 5.74) is 1.50. The van der Waals surface area contributed by atoms with E-state index in [0.29, 0.717) is 23.2 Å². The number of ether oxygens (including phenoxy) is 2. The fraction of sp³-hybridized carbons (Fsp3) is 0.519. The molecule has 1 fully saturated rings. The summed E-state index contributed by atoms with van der Waals surface area (Å²) >= 11 is 0. The van der Waals surface area contributed by atoms with Crippen LogP contribution in [0.25, 0.3) is 5.65 Å². The van der Waals surface area contributed by atoms with Gasteiger partial charge in [0, 0.05) is 36.5 Å². The molecule has 14 heteroatoms. The lowest BCUT2D eigenvalue weighted by Crippen LogP contribution is -2.40. The number of aliphatic hydroxyl groups excluding tert-OH is 1. The van der Waals surface area contributed by atoms with Crippen molar-refractivity contribution in [1.29, 1.82) is 0 Å². The number of aromatic nitrogens is 4. The van der Waals surface area contributed by atoms with Crippen LogP contribution < -0.4 is 5.32 Å². The maximum atomic E-state index is 12.8. The molecule has 4 rings (SSSR count). The Bertz CT molecular complexity index is 1300. The minimum Gasteiger partial charge on any atom is -0.394 e. The number of benzene rings is 1. The molecule has 3 aromatic rings. The summed E-state index contributed by atoms with van der Waals surface area (Å²) in [6.07, 6.45) is 2.60. The molecular weight excluding hydrogens is 549 g/mol. The largest absolute Gasteiger partial charge is 0.394 e. The average molecular weight is 588 g/mol. The Balaban J connectivity index is 1.63. The molecular formula is C27H38N7O6P. The van der Waals surface area contributed by atoms with E-state index in [1.165, 1.54) is 10.8 Å². The monoisotopic (exact) mass is 587 g/mol. The highest BCUT2D eigenvalue weighted by atomic mass is 31.2. The van der Waals surface area contributed by atoms with Crippen molar-refractivity contribution in [2.45, 2.75) is 77.5 Å². The van der Waals surface area contributed by atoms with Crippen LogP contribution in [0.3, 0.4) is 0 Å². The number of amides is 1. The Morgan fingerprint density at radius 3 is 2.59 bits per heavy atom. The Labute approximate surface area is 240 Å². The molecule has 2 aromatic heterocycles. The van der Waals surface area contributed by atoms with Crippen LogP contribution in [0.5, 0.6) is 0 Å². The van der Waals surface area contributed by atoms with Crippen LogP contribution in [0.4, 0.5) is 5.95 Å². The highest BCUT2D eigenvalue weighted by Gasteiger charge is 2.50. The van der Waals surface area contributed by atoms with E-state index in [-0.39, 0.29) is 30.5 Å². The first-order chi connectivity index (χ1) is 19.8. The van der Waals surface area contributed by atoms with Gasteiger partial charge in [0.1, 0.15) is 30.7 Å². The van der Waals surface area contributed by atoms with Gasteiger partial charge in [0.25, 0.3) is 5.91 Å². The quantitative estimate of drug-likeness (QED) is 0.171. The van der Waals surface area contributed by atoms with Crippen molar-refractivity contribution in [2.75, 3.05) is 19.0 Å². The van der Waals surface area contributed by atoms with E-state index in [1.807, 2.05) is 13.0 Å². The summed E-state index contributed by atoms with van der Waals surface area (Å²) in [6.45, 7) is 9.90. The van der Waals surface area contributed by atoms with E-state index >= 15 is 0 Å². The van der Waals surface area contributed by atoms with Gasteiger partial charge in [-0.1, -0.05) is 30.3 Å². The van der Waals surface area contributed by atoms with E-state index < -0.39 is 32.9 Å². The number of rotatable bonds is 13. The maximum absolute atomic E-state index is 12.8. The van der Waals surface area contributed by atoms with E-state index in [9.17, 15) is 9.90 Å². The molecule has 0 radical (unpaired) electrons. The molecule has 1 aliphatic heterocycles. The minimum atomic E-state index is -1.67. The number of hydrogen-bond donors (Lipinski definition) is 2. The standard InChI is InChI=1S/C27H38N7O6P/c1-7-13-31-40-41(34(17(2)3)18(4)5)39-23-21(15-35)38-22(24(23)37-6)20-14-30-33-25(20)28-16-29-27(33)32-26(36)19-11-9-8-10-12-19/h8-14,16-18,21-24,35H,7,15H2,1-6H3,(H,28,29,32,36)/b31-13+. The molecule has 1 aromatic carbocycles. The molecule has 41 heavy (non-hydrogen) atoms. The molecule has 2 N–H and O–H groups in total. The molecule has 0 saturated carbocycles. The summed E-state index contributed by atoms with van der Waals surface area (Å²) < 4.78 is 28.1. The third-order valence-electron chi connectivity index (χ3n) is 6.49. The second-order valence-corrected chi connectivity index (χ2v) is 11.3. The predicted molar refractivity (Wildman–Crippen MR) is 154 cm³/mol. The number of nitrogens with zero attached hydrogens (tertiary/aromatic N) is 6. The molecule has 5 atom stereocenters. The number of hydrogen-bond acceptors (Lipinski definition) is 11. The smallest absolute Gasteiger partial charge is 0.347 e. The second-order valence-electron chi connectivity index (χ2n) is 9.98. The Morgan fingerprint density at radius 2 is 1.95 bits per heavy atom. The molecule has 13 nitrogen and oxygen atoms in total. The van der Waals surface area contributed by atoms with Crippen LogP contribution in [0.2, 0.25) is 0 Å². The Kier molecular flexibility index (Phi) is 10.7. The Morgan fingerprint density at radius 1 is 1.22 bits per heavy atom. The summed E-state index contributed by atoms with van der Waals surface area (Å²) in [5, 5.41) is 21.6. The number of oxime groups is 1. The molecule has 222 valence electrons. The van der Waals surface area contributed by atoms with Gasteiger partial charge >= 0.3 is 8.53 Å². The summed E-state index contributed by atoms with van der Waals surface area (Å²) in [4.78, 5) is 21.4. The van der Waals surface area contributed by atoms with E-state index in [0.717, 1.165) is 0 Å². The number of aliphatic hydroxyl groups is 1. The van der Waals surface area contributed by atoms with Gasteiger partial charge in [0.05, 0.1) is 12.8 Å². The van der Waals surface area contributed by atoms with Crippen molar-refractivity contribution in [3.63, 3.8) is 0 Å². The zero-order chi connectivity index (χ0) is 29.5. The van der Waals surface area contributed by atoms with Crippen LogP contribution in [0.1, 0.15) is 63.1 Å². The Hall–Kier alpha value is -3.06. The predicted octanol–water partition coefficient (Wildman–Crippen LogP) is 3.97. The van der Waals surface area contributed by atoms with Gasteiger partial charge < -0.3 is 23.7 Å². The SMILES string of the molecule is CC/C=N/OP(OC1C(CO)OC(c2cnn3c(NC(=O)c4ccccc4)ncnc23)C1OC)N(C(C)C)C(C)C. The van der Waals surface area contributed by atoms with Crippen LogP contribution >= 0.6 is 8.53 Å². The molecule has 5 unspecified atom stereocenters. The first-order valence-electron chi connectivity index (χ1n) is 13.6. The van der Waals surface area contributed by atoms with Gasteiger partial charge in [0.2, 0.25) is 5.95 Å². The summed E-state index contributed by atoms with van der Waals surface area (Å²) in [7, 11) is -0.109. The van der Waals surface area contributed by atoms with Gasteiger partial charge in [0.15, 0.2) is 5.65 Å². The van der Waals surface area contributed by atoms with E-state index in [4.69, 9.17) is 18.6 Å². The first-order valence-corrected chi connectivity index (χ1v) is 14.7. The van der Waals surface area contributed by atoms with E-state index in [1.54, 1.807) is 43.8 Å². The summed E-state index contributed by atoms with van der Waals surface area (Å²) in [5.74, 6) is -0.133. The van der Waals surface area contributed by atoms with Crippen molar-refractivity contribution in [1.82, 2.24) is 24.3 Å². The molecule has 0 aliphatic carbocycles. The minimum absolute atomic E-state index is 0.102. The number of carbonyl (C=O) groups is 1. The van der Waals surface area contributed by atoms with Crippen LogP contribution in [0, 0.1) is 0 Å². The second kappa shape index (κ2) is 14.2. The third-order valence-corrected chi connectivity index (χ3v) is 8.45. The molecule has 3 heterocycles. The lowest BCUT2D eigenvalue weighted by atomic mass is 10.0.